The van der Waals surface area contributed by atoms with Crippen molar-refractivity contribution in [2.45, 2.75) is 26.8 Å². The summed E-state index contributed by atoms with van der Waals surface area (Å²) in [6.45, 7) is 4.95. The molecule has 0 saturated heterocycles. The first kappa shape index (κ1) is 14.9. The number of aliphatic carboxylic acids is 1. The third-order valence-electron chi connectivity index (χ3n) is 2.59. The SMILES string of the molecule is CC(C)(C)C(NC(=O)c1cc(F)ccc1O)C(=O)O. The van der Waals surface area contributed by atoms with Crippen LogP contribution in [0.3, 0.4) is 0 Å². The van der Waals surface area contributed by atoms with Crippen LogP contribution in [0.5, 0.6) is 5.75 Å². The smallest absolute Gasteiger partial charge is 0.326 e. The first-order chi connectivity index (χ1) is 8.62. The van der Waals surface area contributed by atoms with Gasteiger partial charge in [-0.25, -0.2) is 9.18 Å². The van der Waals surface area contributed by atoms with E-state index in [0.717, 1.165) is 18.2 Å². The van der Waals surface area contributed by atoms with Gasteiger partial charge in [0.15, 0.2) is 0 Å². The molecular formula is C13H16FNO4. The molecule has 1 atom stereocenters. The van der Waals surface area contributed by atoms with E-state index in [1.165, 1.54) is 0 Å². The Hall–Kier alpha value is -2.11. The molecule has 0 aromatic heterocycles. The highest BCUT2D eigenvalue weighted by Gasteiger charge is 2.33. The fourth-order valence-electron chi connectivity index (χ4n) is 1.55. The molecule has 0 aliphatic heterocycles. The fraction of sp³-hybridized carbons (Fsp3) is 0.385. The van der Waals surface area contributed by atoms with Gasteiger partial charge in [0.1, 0.15) is 17.6 Å². The maximum absolute atomic E-state index is 13.0. The summed E-state index contributed by atoms with van der Waals surface area (Å²) in [4.78, 5) is 23.0. The first-order valence-electron chi connectivity index (χ1n) is 5.65. The van der Waals surface area contributed by atoms with Crippen LogP contribution < -0.4 is 5.32 Å². The van der Waals surface area contributed by atoms with Crippen molar-refractivity contribution in [2.24, 2.45) is 5.41 Å². The Morgan fingerprint density at radius 3 is 2.37 bits per heavy atom. The summed E-state index contributed by atoms with van der Waals surface area (Å²) in [6.07, 6.45) is 0. The molecule has 19 heavy (non-hydrogen) atoms. The van der Waals surface area contributed by atoms with Crippen molar-refractivity contribution in [3.05, 3.63) is 29.6 Å². The van der Waals surface area contributed by atoms with Gasteiger partial charge >= 0.3 is 5.97 Å². The number of benzene rings is 1. The molecule has 1 rings (SSSR count). The van der Waals surface area contributed by atoms with Crippen molar-refractivity contribution in [1.82, 2.24) is 5.32 Å². The largest absolute Gasteiger partial charge is 0.507 e. The molecule has 1 aromatic rings. The second-order valence-electron chi connectivity index (χ2n) is 5.27. The Morgan fingerprint density at radius 2 is 1.89 bits per heavy atom. The van der Waals surface area contributed by atoms with Gasteiger partial charge < -0.3 is 15.5 Å². The Bertz CT molecular complexity index is 508. The summed E-state index contributed by atoms with van der Waals surface area (Å²) in [6, 6.07) is 1.75. The third-order valence-corrected chi connectivity index (χ3v) is 2.59. The lowest BCUT2D eigenvalue weighted by molar-refractivity contribution is -0.142. The monoisotopic (exact) mass is 269 g/mol. The van der Waals surface area contributed by atoms with Gasteiger partial charge in [-0.2, -0.15) is 0 Å². The minimum absolute atomic E-state index is 0.296. The number of phenols is 1. The predicted molar refractivity (Wildman–Crippen MR) is 66.4 cm³/mol. The zero-order chi connectivity index (χ0) is 14.8. The molecule has 0 bridgehead atoms. The highest BCUT2D eigenvalue weighted by Crippen LogP contribution is 2.22. The quantitative estimate of drug-likeness (QED) is 0.780. The van der Waals surface area contributed by atoms with E-state index in [0.29, 0.717) is 0 Å². The Labute approximate surface area is 110 Å². The van der Waals surface area contributed by atoms with E-state index in [1.54, 1.807) is 20.8 Å². The molecular weight excluding hydrogens is 253 g/mol. The topological polar surface area (TPSA) is 86.6 Å². The summed E-state index contributed by atoms with van der Waals surface area (Å²) < 4.78 is 13.0. The highest BCUT2D eigenvalue weighted by molar-refractivity contribution is 5.98. The number of carbonyl (C=O) groups is 2. The van der Waals surface area contributed by atoms with Crippen molar-refractivity contribution in [3.63, 3.8) is 0 Å². The van der Waals surface area contributed by atoms with Crippen LogP contribution in [0.15, 0.2) is 18.2 Å². The lowest BCUT2D eigenvalue weighted by atomic mass is 9.86. The number of amides is 1. The van der Waals surface area contributed by atoms with Gasteiger partial charge in [-0.05, 0) is 23.6 Å². The standard InChI is InChI=1S/C13H16FNO4/c1-13(2,3)10(12(18)19)15-11(17)8-6-7(14)4-5-9(8)16/h4-6,10,16H,1-3H3,(H,15,17)(H,18,19). The minimum Gasteiger partial charge on any atom is -0.507 e. The van der Waals surface area contributed by atoms with Crippen molar-refractivity contribution < 1.29 is 24.2 Å². The van der Waals surface area contributed by atoms with Crippen LogP contribution in [0.25, 0.3) is 0 Å². The summed E-state index contributed by atoms with van der Waals surface area (Å²) in [7, 11) is 0. The van der Waals surface area contributed by atoms with Gasteiger partial charge in [-0.1, -0.05) is 20.8 Å². The first-order valence-corrected chi connectivity index (χ1v) is 5.65. The van der Waals surface area contributed by atoms with E-state index >= 15 is 0 Å². The van der Waals surface area contributed by atoms with E-state index in [-0.39, 0.29) is 5.56 Å². The van der Waals surface area contributed by atoms with E-state index in [9.17, 15) is 19.1 Å². The number of carbonyl (C=O) groups excluding carboxylic acids is 1. The summed E-state index contributed by atoms with van der Waals surface area (Å²) >= 11 is 0. The zero-order valence-electron chi connectivity index (χ0n) is 10.9. The Morgan fingerprint density at radius 1 is 1.32 bits per heavy atom. The molecule has 0 aliphatic carbocycles. The molecule has 0 fully saturated rings. The van der Waals surface area contributed by atoms with Crippen molar-refractivity contribution in [2.75, 3.05) is 0 Å². The maximum Gasteiger partial charge on any atom is 0.326 e. The molecule has 1 aromatic carbocycles. The van der Waals surface area contributed by atoms with Gasteiger partial charge in [0.05, 0.1) is 5.56 Å². The van der Waals surface area contributed by atoms with Crippen LogP contribution in [-0.2, 0) is 4.79 Å². The molecule has 3 N–H and O–H groups in total. The number of hydrogen-bond acceptors (Lipinski definition) is 3. The molecule has 0 spiro atoms. The van der Waals surface area contributed by atoms with Crippen LogP contribution in [0.4, 0.5) is 4.39 Å². The van der Waals surface area contributed by atoms with Crippen LogP contribution in [-0.4, -0.2) is 28.1 Å². The fourth-order valence-corrected chi connectivity index (χ4v) is 1.55. The normalized spacial score (nSPS) is 12.8. The van der Waals surface area contributed by atoms with Crippen LogP contribution in [0.2, 0.25) is 0 Å². The molecule has 0 heterocycles. The maximum atomic E-state index is 13.0. The third kappa shape index (κ3) is 3.67. The lowest BCUT2D eigenvalue weighted by Gasteiger charge is -2.27. The number of carboxylic acid groups (broad SMARTS) is 1. The number of hydrogen-bond donors (Lipinski definition) is 3. The highest BCUT2D eigenvalue weighted by atomic mass is 19.1. The van der Waals surface area contributed by atoms with Gasteiger partial charge in [-0.15, -0.1) is 0 Å². The average Bonchev–Trinajstić information content (AvgIpc) is 2.26. The van der Waals surface area contributed by atoms with Crippen molar-refractivity contribution in [1.29, 1.82) is 0 Å². The summed E-state index contributed by atoms with van der Waals surface area (Å²) in [5.74, 6) is -3.13. The van der Waals surface area contributed by atoms with Gasteiger partial charge in [0.25, 0.3) is 5.91 Å². The molecule has 1 unspecified atom stereocenters. The number of rotatable bonds is 3. The minimum atomic E-state index is -1.20. The average molecular weight is 269 g/mol. The Balaban J connectivity index is 3.01. The number of carboxylic acids is 1. The van der Waals surface area contributed by atoms with Gasteiger partial charge in [0.2, 0.25) is 0 Å². The van der Waals surface area contributed by atoms with E-state index < -0.39 is 34.9 Å². The van der Waals surface area contributed by atoms with Crippen LogP contribution >= 0.6 is 0 Å². The van der Waals surface area contributed by atoms with E-state index in [1.807, 2.05) is 0 Å². The van der Waals surface area contributed by atoms with Crippen molar-refractivity contribution >= 4 is 11.9 Å². The number of phenolic OH excluding ortho intramolecular Hbond substituents is 1. The molecule has 104 valence electrons. The number of halogens is 1. The van der Waals surface area contributed by atoms with Crippen LogP contribution in [0.1, 0.15) is 31.1 Å². The number of aromatic hydroxyl groups is 1. The molecule has 5 nitrogen and oxygen atoms in total. The second kappa shape index (κ2) is 5.26. The second-order valence-corrected chi connectivity index (χ2v) is 5.27. The van der Waals surface area contributed by atoms with E-state index in [4.69, 9.17) is 5.11 Å². The van der Waals surface area contributed by atoms with E-state index in [2.05, 4.69) is 5.32 Å². The molecule has 0 aliphatic rings. The molecule has 0 radical (unpaired) electrons. The number of nitrogens with one attached hydrogen (secondary N) is 1. The zero-order valence-corrected chi connectivity index (χ0v) is 10.9. The van der Waals surface area contributed by atoms with Crippen LogP contribution in [0, 0.1) is 11.2 Å². The molecule has 6 heteroatoms. The summed E-state index contributed by atoms with van der Waals surface area (Å²) in [5.41, 5.74) is -1.01. The lowest BCUT2D eigenvalue weighted by Crippen LogP contribution is -2.49. The predicted octanol–water partition coefficient (Wildman–Crippen LogP) is 1.76. The molecule has 0 saturated carbocycles. The summed E-state index contributed by atoms with van der Waals surface area (Å²) in [5, 5.41) is 20.8. The Kier molecular flexibility index (Phi) is 4.14. The van der Waals surface area contributed by atoms with Gasteiger partial charge in [0, 0.05) is 0 Å². The molecule has 1 amide bonds. The van der Waals surface area contributed by atoms with Gasteiger partial charge in [-0.3, -0.25) is 4.79 Å². The van der Waals surface area contributed by atoms with Crippen molar-refractivity contribution in [3.8, 4) is 5.75 Å².